The van der Waals surface area contributed by atoms with Gasteiger partial charge in [0, 0.05) is 11.1 Å². The van der Waals surface area contributed by atoms with E-state index in [0.29, 0.717) is 27.6 Å². The van der Waals surface area contributed by atoms with Crippen molar-refractivity contribution >= 4 is 29.4 Å². The van der Waals surface area contributed by atoms with Crippen LogP contribution in [0.1, 0.15) is 26.3 Å². The monoisotopic (exact) mass is 376 g/mol. The van der Waals surface area contributed by atoms with Gasteiger partial charge in [0.15, 0.2) is 5.76 Å². The Labute approximate surface area is 160 Å². The van der Waals surface area contributed by atoms with Gasteiger partial charge in [0.1, 0.15) is 11.5 Å². The number of hydrogen-bond donors (Lipinski definition) is 0. The molecule has 4 nitrogen and oxygen atoms in total. The Morgan fingerprint density at radius 3 is 2.44 bits per heavy atom. The fourth-order valence-electron chi connectivity index (χ4n) is 2.68. The smallest absolute Gasteiger partial charge is 0.343 e. The number of rotatable bonds is 3. The van der Waals surface area contributed by atoms with Crippen LogP contribution in [0.3, 0.4) is 0 Å². The molecule has 0 saturated heterocycles. The summed E-state index contributed by atoms with van der Waals surface area (Å²) in [4.78, 5) is 24.7. The van der Waals surface area contributed by atoms with E-state index in [1.54, 1.807) is 66.7 Å². The Hall–Kier alpha value is -3.37. The van der Waals surface area contributed by atoms with Crippen LogP contribution < -0.4 is 9.47 Å². The first kappa shape index (κ1) is 17.1. The second kappa shape index (κ2) is 7.09. The molecule has 1 aliphatic heterocycles. The normalized spacial score (nSPS) is 14.0. The molecule has 3 aromatic rings. The molecule has 0 atom stereocenters. The summed E-state index contributed by atoms with van der Waals surface area (Å²) in [5.74, 6) is 0.179. The maximum absolute atomic E-state index is 12.5. The maximum atomic E-state index is 12.5. The van der Waals surface area contributed by atoms with Gasteiger partial charge >= 0.3 is 5.97 Å². The van der Waals surface area contributed by atoms with E-state index < -0.39 is 5.97 Å². The van der Waals surface area contributed by atoms with E-state index in [4.69, 9.17) is 21.1 Å². The van der Waals surface area contributed by atoms with Crippen molar-refractivity contribution in [1.82, 2.24) is 0 Å². The molecule has 0 saturated carbocycles. The zero-order valence-corrected chi connectivity index (χ0v) is 14.8. The van der Waals surface area contributed by atoms with Crippen LogP contribution in [0.5, 0.6) is 11.5 Å². The molecule has 1 heterocycles. The van der Waals surface area contributed by atoms with Crippen LogP contribution >= 0.6 is 11.6 Å². The van der Waals surface area contributed by atoms with Crippen LogP contribution in [0.4, 0.5) is 0 Å². The average molecular weight is 377 g/mol. The summed E-state index contributed by atoms with van der Waals surface area (Å²) < 4.78 is 11.0. The van der Waals surface area contributed by atoms with Crippen molar-refractivity contribution in [2.24, 2.45) is 0 Å². The quantitative estimate of drug-likeness (QED) is 0.359. The van der Waals surface area contributed by atoms with Crippen molar-refractivity contribution in [3.8, 4) is 11.5 Å². The molecule has 5 heteroatoms. The van der Waals surface area contributed by atoms with Crippen molar-refractivity contribution in [2.45, 2.75) is 0 Å². The minimum atomic E-state index is -0.475. The predicted octanol–water partition coefficient (Wildman–Crippen LogP) is 5.18. The van der Waals surface area contributed by atoms with Gasteiger partial charge in [0.2, 0.25) is 5.78 Å². The number of esters is 1. The first-order valence-corrected chi connectivity index (χ1v) is 8.59. The summed E-state index contributed by atoms with van der Waals surface area (Å²) >= 11 is 5.87. The fourth-order valence-corrected chi connectivity index (χ4v) is 2.81. The van der Waals surface area contributed by atoms with Gasteiger partial charge in [0.25, 0.3) is 0 Å². The third kappa shape index (κ3) is 3.61. The van der Waals surface area contributed by atoms with E-state index >= 15 is 0 Å². The molecule has 0 unspecified atom stereocenters. The Bertz CT molecular complexity index is 1050. The summed E-state index contributed by atoms with van der Waals surface area (Å²) in [7, 11) is 0. The Morgan fingerprint density at radius 2 is 1.70 bits per heavy atom. The number of Topliss-reactive ketones (excluding diaryl/α,β-unsaturated/α-hetero) is 1. The second-order valence-electron chi connectivity index (χ2n) is 5.90. The van der Waals surface area contributed by atoms with Gasteiger partial charge in [-0.3, -0.25) is 4.79 Å². The van der Waals surface area contributed by atoms with Crippen molar-refractivity contribution in [1.29, 1.82) is 0 Å². The van der Waals surface area contributed by atoms with Crippen molar-refractivity contribution in [3.05, 3.63) is 100 Å². The number of ketones is 1. The SMILES string of the molecule is O=C(Oc1ccc2c(c1)O/C(=C\c1ccc(Cl)cc1)C2=O)c1ccccc1. The number of fused-ring (bicyclic) bond motifs is 1. The molecule has 0 radical (unpaired) electrons. The minimum Gasteiger partial charge on any atom is -0.452 e. The summed E-state index contributed by atoms with van der Waals surface area (Å²) in [5, 5.41) is 0.615. The standard InChI is InChI=1S/C22H13ClO4/c23-16-8-6-14(7-9-16)12-20-21(24)18-11-10-17(13-19(18)27-20)26-22(25)15-4-2-1-3-5-15/h1-13H/b20-12-. The molecule has 0 aliphatic carbocycles. The number of carbonyl (C=O) groups excluding carboxylic acids is 2. The van der Waals surface area contributed by atoms with Crippen LogP contribution in [0.25, 0.3) is 6.08 Å². The lowest BCUT2D eigenvalue weighted by molar-refractivity contribution is 0.0734. The molecule has 0 amide bonds. The average Bonchev–Trinajstić information content (AvgIpc) is 2.99. The molecule has 4 rings (SSSR count). The van der Waals surface area contributed by atoms with E-state index in [1.165, 1.54) is 6.07 Å². The summed E-state index contributed by atoms with van der Waals surface area (Å²) in [6.45, 7) is 0. The molecule has 0 bridgehead atoms. The molecular formula is C22H13ClO4. The van der Waals surface area contributed by atoms with Gasteiger partial charge in [-0.1, -0.05) is 41.9 Å². The summed E-state index contributed by atoms with van der Waals surface area (Å²) in [6, 6.07) is 20.4. The lowest BCUT2D eigenvalue weighted by Gasteiger charge is -2.05. The lowest BCUT2D eigenvalue weighted by Crippen LogP contribution is -2.08. The highest BCUT2D eigenvalue weighted by atomic mass is 35.5. The van der Waals surface area contributed by atoms with Crippen molar-refractivity contribution in [3.63, 3.8) is 0 Å². The molecule has 3 aromatic carbocycles. The van der Waals surface area contributed by atoms with Crippen LogP contribution in [0.15, 0.2) is 78.6 Å². The van der Waals surface area contributed by atoms with E-state index in [0.717, 1.165) is 5.56 Å². The highest BCUT2D eigenvalue weighted by Gasteiger charge is 2.28. The maximum Gasteiger partial charge on any atom is 0.343 e. The molecule has 0 spiro atoms. The first-order chi connectivity index (χ1) is 13.1. The number of benzene rings is 3. The number of carbonyl (C=O) groups is 2. The Kier molecular flexibility index (Phi) is 4.48. The zero-order valence-electron chi connectivity index (χ0n) is 14.0. The first-order valence-electron chi connectivity index (χ1n) is 8.21. The van der Waals surface area contributed by atoms with E-state index in [1.807, 2.05) is 6.07 Å². The van der Waals surface area contributed by atoms with Crippen LogP contribution in [0.2, 0.25) is 5.02 Å². The lowest BCUT2D eigenvalue weighted by atomic mass is 10.1. The molecule has 0 aromatic heterocycles. The molecule has 27 heavy (non-hydrogen) atoms. The third-order valence-electron chi connectivity index (χ3n) is 4.03. The van der Waals surface area contributed by atoms with Gasteiger partial charge in [-0.25, -0.2) is 4.79 Å². The van der Waals surface area contributed by atoms with Crippen LogP contribution in [0, 0.1) is 0 Å². The van der Waals surface area contributed by atoms with Gasteiger partial charge < -0.3 is 9.47 Å². The van der Waals surface area contributed by atoms with Crippen LogP contribution in [-0.2, 0) is 0 Å². The van der Waals surface area contributed by atoms with Gasteiger partial charge in [-0.15, -0.1) is 0 Å². The predicted molar refractivity (Wildman–Crippen MR) is 102 cm³/mol. The second-order valence-corrected chi connectivity index (χ2v) is 6.34. The molecule has 132 valence electrons. The molecule has 0 N–H and O–H groups in total. The Morgan fingerprint density at radius 1 is 0.963 bits per heavy atom. The van der Waals surface area contributed by atoms with Crippen molar-refractivity contribution in [2.75, 3.05) is 0 Å². The third-order valence-corrected chi connectivity index (χ3v) is 4.28. The van der Waals surface area contributed by atoms with Gasteiger partial charge in [-0.05, 0) is 48.0 Å². The number of allylic oxidation sites excluding steroid dienone is 1. The molecule has 1 aliphatic rings. The van der Waals surface area contributed by atoms with E-state index in [2.05, 4.69) is 0 Å². The van der Waals surface area contributed by atoms with Gasteiger partial charge in [0.05, 0.1) is 11.1 Å². The van der Waals surface area contributed by atoms with Gasteiger partial charge in [-0.2, -0.15) is 0 Å². The summed E-state index contributed by atoms with van der Waals surface area (Å²) in [5.41, 5.74) is 1.67. The number of ether oxygens (including phenoxy) is 2. The minimum absolute atomic E-state index is 0.207. The molecular weight excluding hydrogens is 364 g/mol. The molecule has 0 fully saturated rings. The fraction of sp³-hybridized carbons (Fsp3) is 0. The largest absolute Gasteiger partial charge is 0.452 e. The highest BCUT2D eigenvalue weighted by Crippen LogP contribution is 2.35. The highest BCUT2D eigenvalue weighted by molar-refractivity contribution is 6.30. The number of halogens is 1. The Balaban J connectivity index is 1.55. The number of hydrogen-bond acceptors (Lipinski definition) is 4. The van der Waals surface area contributed by atoms with Crippen LogP contribution in [-0.4, -0.2) is 11.8 Å². The van der Waals surface area contributed by atoms with E-state index in [-0.39, 0.29) is 11.5 Å². The zero-order chi connectivity index (χ0) is 18.8. The van der Waals surface area contributed by atoms with Crippen molar-refractivity contribution < 1.29 is 19.1 Å². The van der Waals surface area contributed by atoms with E-state index in [9.17, 15) is 9.59 Å². The summed E-state index contributed by atoms with van der Waals surface area (Å²) in [6.07, 6.45) is 1.65. The topological polar surface area (TPSA) is 52.6 Å².